The van der Waals surface area contributed by atoms with E-state index in [1.165, 1.54) is 7.11 Å². The summed E-state index contributed by atoms with van der Waals surface area (Å²) in [5, 5.41) is 20.4. The fourth-order valence-corrected chi connectivity index (χ4v) is 2.76. The van der Waals surface area contributed by atoms with Crippen LogP contribution in [0.2, 0.25) is 0 Å². The summed E-state index contributed by atoms with van der Waals surface area (Å²) in [7, 11) is 1.50. The van der Waals surface area contributed by atoms with E-state index >= 15 is 0 Å². The molecule has 0 saturated carbocycles. The predicted molar refractivity (Wildman–Crippen MR) is 103 cm³/mol. The Morgan fingerprint density at radius 3 is 2.85 bits per heavy atom. The minimum Gasteiger partial charge on any atom is -0.497 e. The highest BCUT2D eigenvalue weighted by Gasteiger charge is 2.12. The molecule has 9 heteroatoms. The van der Waals surface area contributed by atoms with Crippen LogP contribution in [0, 0.1) is 0 Å². The lowest BCUT2D eigenvalue weighted by molar-refractivity contribution is -0.117. The van der Waals surface area contributed by atoms with Gasteiger partial charge >= 0.3 is 0 Å². The molecule has 3 rings (SSSR count). The normalized spacial score (nSPS) is 11.0. The number of carbonyl (C=O) groups is 2. The van der Waals surface area contributed by atoms with E-state index in [0.29, 0.717) is 22.2 Å². The van der Waals surface area contributed by atoms with Gasteiger partial charge < -0.3 is 20.1 Å². The molecule has 0 aliphatic heterocycles. The van der Waals surface area contributed by atoms with Crippen molar-refractivity contribution in [2.45, 2.75) is 0 Å². The first-order valence-electron chi connectivity index (χ1n) is 7.85. The van der Waals surface area contributed by atoms with Crippen LogP contribution < -0.4 is 10.1 Å². The van der Waals surface area contributed by atoms with E-state index in [1.807, 2.05) is 0 Å². The maximum Gasteiger partial charge on any atom is 0.283 e. The number of aromatic nitrogens is 1. The first kappa shape index (κ1) is 18.6. The van der Waals surface area contributed by atoms with Crippen LogP contribution in [-0.4, -0.2) is 35.6 Å². The van der Waals surface area contributed by atoms with Gasteiger partial charge in [-0.1, -0.05) is 22.0 Å². The van der Waals surface area contributed by atoms with Crippen LogP contribution in [-0.2, 0) is 4.79 Å². The molecule has 0 aliphatic rings. The molecule has 1 heterocycles. The number of rotatable bonds is 5. The van der Waals surface area contributed by atoms with Crippen LogP contribution in [0.1, 0.15) is 10.4 Å². The fourth-order valence-electron chi connectivity index (χ4n) is 2.40. The first-order valence-corrected chi connectivity index (χ1v) is 8.64. The number of halogens is 1. The molecule has 27 heavy (non-hydrogen) atoms. The van der Waals surface area contributed by atoms with Crippen molar-refractivity contribution >= 4 is 44.3 Å². The largest absolute Gasteiger partial charge is 0.497 e. The van der Waals surface area contributed by atoms with E-state index in [9.17, 15) is 14.7 Å². The van der Waals surface area contributed by atoms with E-state index in [2.05, 4.69) is 36.5 Å². The standard InChI is InChI=1S/C18H15BrN4O4/c1-27-12-4-2-3-10(7-12)17(25)20-9-15(24)22-23-16-13-8-11(19)5-6-14(13)21-18(16)26/h2-8,21,26H,9H2,1H3,(H,20,25). The van der Waals surface area contributed by atoms with Crippen molar-refractivity contribution < 1.29 is 19.4 Å². The Morgan fingerprint density at radius 1 is 1.26 bits per heavy atom. The summed E-state index contributed by atoms with van der Waals surface area (Å²) in [5.41, 5.74) is 1.17. The number of azo groups is 1. The minimum atomic E-state index is -0.657. The molecular weight excluding hydrogens is 416 g/mol. The van der Waals surface area contributed by atoms with Crippen molar-refractivity contribution in [3.05, 3.63) is 52.5 Å². The van der Waals surface area contributed by atoms with Gasteiger partial charge in [0.15, 0.2) is 5.69 Å². The van der Waals surface area contributed by atoms with E-state index in [4.69, 9.17) is 4.74 Å². The lowest BCUT2D eigenvalue weighted by Crippen LogP contribution is -2.28. The number of fused-ring (bicyclic) bond motifs is 1. The quantitative estimate of drug-likeness (QED) is 0.535. The topological polar surface area (TPSA) is 116 Å². The van der Waals surface area contributed by atoms with Crippen LogP contribution in [0.3, 0.4) is 0 Å². The van der Waals surface area contributed by atoms with Gasteiger partial charge in [0.25, 0.3) is 11.8 Å². The number of nitrogens with one attached hydrogen (secondary N) is 2. The van der Waals surface area contributed by atoms with Gasteiger partial charge in [-0.2, -0.15) is 0 Å². The lowest BCUT2D eigenvalue weighted by atomic mass is 10.2. The summed E-state index contributed by atoms with van der Waals surface area (Å²) in [4.78, 5) is 26.7. The molecule has 0 radical (unpaired) electrons. The van der Waals surface area contributed by atoms with E-state index in [-0.39, 0.29) is 18.1 Å². The van der Waals surface area contributed by atoms with Crippen LogP contribution in [0.15, 0.2) is 57.2 Å². The van der Waals surface area contributed by atoms with Gasteiger partial charge in [-0.05, 0) is 36.4 Å². The molecule has 3 N–H and O–H groups in total. The highest BCUT2D eigenvalue weighted by Crippen LogP contribution is 2.36. The van der Waals surface area contributed by atoms with Crippen molar-refractivity contribution in [2.75, 3.05) is 13.7 Å². The molecule has 2 amide bonds. The maximum atomic E-state index is 12.1. The zero-order valence-corrected chi connectivity index (χ0v) is 15.8. The molecule has 0 spiro atoms. The Balaban J connectivity index is 1.66. The molecular formula is C18H15BrN4O4. The fraction of sp³-hybridized carbons (Fsp3) is 0.111. The van der Waals surface area contributed by atoms with Crippen molar-refractivity contribution in [3.8, 4) is 11.6 Å². The number of ether oxygens (including phenoxy) is 1. The molecule has 0 fully saturated rings. The summed E-state index contributed by atoms with van der Waals surface area (Å²) >= 11 is 3.34. The van der Waals surface area contributed by atoms with Crippen molar-refractivity contribution in [1.82, 2.24) is 10.3 Å². The molecule has 2 aromatic carbocycles. The minimum absolute atomic E-state index is 0.152. The number of hydrogen-bond donors (Lipinski definition) is 3. The van der Waals surface area contributed by atoms with Crippen LogP contribution >= 0.6 is 15.9 Å². The number of aromatic hydroxyl groups is 1. The Labute approximate surface area is 162 Å². The zero-order chi connectivity index (χ0) is 19.4. The van der Waals surface area contributed by atoms with Gasteiger partial charge in [0, 0.05) is 15.4 Å². The average molecular weight is 431 g/mol. The third kappa shape index (κ3) is 4.32. The summed E-state index contributed by atoms with van der Waals surface area (Å²) in [6.45, 7) is -0.327. The van der Waals surface area contributed by atoms with Crippen molar-refractivity contribution in [2.24, 2.45) is 10.2 Å². The number of benzene rings is 2. The smallest absolute Gasteiger partial charge is 0.283 e. The number of carbonyl (C=O) groups excluding carboxylic acids is 2. The molecule has 8 nitrogen and oxygen atoms in total. The van der Waals surface area contributed by atoms with Gasteiger partial charge in [0.05, 0.1) is 12.6 Å². The van der Waals surface area contributed by atoms with Gasteiger partial charge in [0.2, 0.25) is 5.88 Å². The molecule has 0 bridgehead atoms. The zero-order valence-electron chi connectivity index (χ0n) is 14.2. The summed E-state index contributed by atoms with van der Waals surface area (Å²) in [5.74, 6) is -0.749. The number of aromatic amines is 1. The number of amides is 2. The number of methoxy groups -OCH3 is 1. The Kier molecular flexibility index (Phi) is 5.51. The van der Waals surface area contributed by atoms with E-state index in [0.717, 1.165) is 4.47 Å². The van der Waals surface area contributed by atoms with Gasteiger partial charge in [0.1, 0.15) is 12.3 Å². The monoisotopic (exact) mass is 430 g/mol. The lowest BCUT2D eigenvalue weighted by Gasteiger charge is -2.04. The second kappa shape index (κ2) is 8.00. The summed E-state index contributed by atoms with van der Waals surface area (Å²) < 4.78 is 5.85. The molecule has 0 unspecified atom stereocenters. The highest BCUT2D eigenvalue weighted by atomic mass is 79.9. The van der Waals surface area contributed by atoms with Crippen molar-refractivity contribution in [1.29, 1.82) is 0 Å². The Bertz CT molecular complexity index is 1050. The molecule has 1 aromatic heterocycles. The van der Waals surface area contributed by atoms with Crippen LogP contribution in [0.25, 0.3) is 10.9 Å². The van der Waals surface area contributed by atoms with Crippen LogP contribution in [0.4, 0.5) is 5.69 Å². The second-order valence-corrected chi connectivity index (χ2v) is 6.44. The molecule has 0 saturated heterocycles. The molecule has 0 aliphatic carbocycles. The maximum absolute atomic E-state index is 12.1. The van der Waals surface area contributed by atoms with Gasteiger partial charge in [-0.15, -0.1) is 10.2 Å². The highest BCUT2D eigenvalue weighted by molar-refractivity contribution is 9.10. The van der Waals surface area contributed by atoms with E-state index in [1.54, 1.807) is 42.5 Å². The Morgan fingerprint density at radius 2 is 2.07 bits per heavy atom. The Hall–Kier alpha value is -3.20. The summed E-state index contributed by atoms with van der Waals surface area (Å²) in [6.07, 6.45) is 0. The predicted octanol–water partition coefficient (Wildman–Crippen LogP) is 3.68. The second-order valence-electron chi connectivity index (χ2n) is 5.52. The molecule has 0 atom stereocenters. The van der Waals surface area contributed by atoms with Crippen LogP contribution in [0.5, 0.6) is 11.6 Å². The summed E-state index contributed by atoms with van der Waals surface area (Å²) in [6, 6.07) is 11.9. The molecule has 3 aromatic rings. The SMILES string of the molecule is COc1cccc(C(=O)NCC(=O)N=Nc2c(O)[nH]c3ccc(Br)cc23)c1. The van der Waals surface area contributed by atoms with Gasteiger partial charge in [-0.3, -0.25) is 9.59 Å². The third-order valence-electron chi connectivity index (χ3n) is 3.71. The van der Waals surface area contributed by atoms with Gasteiger partial charge in [-0.25, -0.2) is 0 Å². The van der Waals surface area contributed by atoms with E-state index < -0.39 is 11.8 Å². The third-order valence-corrected chi connectivity index (χ3v) is 4.20. The first-order chi connectivity index (χ1) is 13.0. The molecule has 138 valence electrons. The number of H-pyrrole nitrogens is 1. The number of nitrogens with zero attached hydrogens (tertiary/aromatic N) is 2. The number of hydrogen-bond acceptors (Lipinski definition) is 5. The van der Waals surface area contributed by atoms with Crippen molar-refractivity contribution in [3.63, 3.8) is 0 Å². The average Bonchev–Trinajstić information content (AvgIpc) is 2.98.